The molecule has 0 saturated carbocycles. The zero-order valence-corrected chi connectivity index (χ0v) is 19.0. The van der Waals surface area contributed by atoms with Crippen molar-refractivity contribution in [2.45, 2.75) is 31.4 Å². The summed E-state index contributed by atoms with van der Waals surface area (Å²) in [5.41, 5.74) is 3.16. The third-order valence-electron chi connectivity index (χ3n) is 4.54. The standard InChI is InChI=1S/C21H22N6O2S2/c1-4-18-9-12-21(30-18)31(28,29)26-17-7-5-16(6-8-17)22-19-10-11-20(24-23-19)27-15(3)13-14(2)25-27/h5-13,26H,4H2,1-3H3,(H,22,23). The quantitative estimate of drug-likeness (QED) is 0.428. The van der Waals surface area contributed by atoms with E-state index >= 15 is 0 Å². The molecule has 0 aliphatic rings. The molecule has 160 valence electrons. The summed E-state index contributed by atoms with van der Waals surface area (Å²) in [7, 11) is -3.59. The van der Waals surface area contributed by atoms with Gasteiger partial charge in [0.05, 0.1) is 5.69 Å². The van der Waals surface area contributed by atoms with E-state index in [2.05, 4.69) is 25.3 Å². The van der Waals surface area contributed by atoms with Crippen molar-refractivity contribution in [3.05, 3.63) is 70.9 Å². The summed E-state index contributed by atoms with van der Waals surface area (Å²) < 4.78 is 29.7. The van der Waals surface area contributed by atoms with Gasteiger partial charge >= 0.3 is 0 Å². The van der Waals surface area contributed by atoms with Crippen LogP contribution in [0, 0.1) is 13.8 Å². The Labute approximate surface area is 185 Å². The molecular formula is C21H22N6O2S2. The fourth-order valence-corrected chi connectivity index (χ4v) is 5.39. The van der Waals surface area contributed by atoms with Gasteiger partial charge in [-0.15, -0.1) is 21.5 Å². The first-order chi connectivity index (χ1) is 14.8. The lowest BCUT2D eigenvalue weighted by atomic mass is 10.3. The molecule has 0 atom stereocenters. The van der Waals surface area contributed by atoms with E-state index in [4.69, 9.17) is 0 Å². The van der Waals surface area contributed by atoms with Gasteiger partial charge in [0, 0.05) is 21.9 Å². The summed E-state index contributed by atoms with van der Waals surface area (Å²) in [5.74, 6) is 1.21. The lowest BCUT2D eigenvalue weighted by molar-refractivity contribution is 0.603. The number of anilines is 3. The highest BCUT2D eigenvalue weighted by molar-refractivity contribution is 7.94. The molecule has 0 saturated heterocycles. The first kappa shape index (κ1) is 21.0. The number of nitrogens with zero attached hydrogens (tertiary/aromatic N) is 4. The van der Waals surface area contributed by atoms with E-state index in [1.165, 1.54) is 11.3 Å². The second-order valence-corrected chi connectivity index (χ2v) is 10.1. The minimum absolute atomic E-state index is 0.310. The molecule has 10 heteroatoms. The number of sulfonamides is 1. The van der Waals surface area contributed by atoms with Crippen LogP contribution in [0.4, 0.5) is 17.2 Å². The van der Waals surface area contributed by atoms with Crippen molar-refractivity contribution >= 4 is 38.6 Å². The zero-order chi connectivity index (χ0) is 22.0. The second kappa shape index (κ2) is 8.48. The molecule has 0 unspecified atom stereocenters. The smallest absolute Gasteiger partial charge is 0.271 e. The average molecular weight is 455 g/mol. The normalized spacial score (nSPS) is 11.5. The van der Waals surface area contributed by atoms with E-state index in [1.807, 2.05) is 45.0 Å². The van der Waals surface area contributed by atoms with Crippen LogP contribution in [0.5, 0.6) is 0 Å². The van der Waals surface area contributed by atoms with Crippen LogP contribution in [-0.4, -0.2) is 28.4 Å². The Hall–Kier alpha value is -3.24. The molecule has 1 aromatic carbocycles. The Morgan fingerprint density at radius 2 is 1.71 bits per heavy atom. The maximum Gasteiger partial charge on any atom is 0.271 e. The third-order valence-corrected chi connectivity index (χ3v) is 7.64. The SMILES string of the molecule is CCc1ccc(S(=O)(=O)Nc2ccc(Nc3ccc(-n4nc(C)cc4C)nn3)cc2)s1. The van der Waals surface area contributed by atoms with Crippen LogP contribution in [0.3, 0.4) is 0 Å². The van der Waals surface area contributed by atoms with E-state index in [1.54, 1.807) is 35.0 Å². The summed E-state index contributed by atoms with van der Waals surface area (Å²) in [6.07, 6.45) is 0.811. The summed E-state index contributed by atoms with van der Waals surface area (Å²) in [4.78, 5) is 1.03. The number of aryl methyl sites for hydroxylation is 3. The minimum Gasteiger partial charge on any atom is -0.339 e. The van der Waals surface area contributed by atoms with Crippen LogP contribution in [0.25, 0.3) is 5.82 Å². The Morgan fingerprint density at radius 1 is 0.968 bits per heavy atom. The lowest BCUT2D eigenvalue weighted by Gasteiger charge is -2.09. The largest absolute Gasteiger partial charge is 0.339 e. The Balaban J connectivity index is 1.43. The van der Waals surface area contributed by atoms with E-state index < -0.39 is 10.0 Å². The van der Waals surface area contributed by atoms with Gasteiger partial charge in [0.15, 0.2) is 11.6 Å². The molecule has 4 aromatic rings. The number of thiophene rings is 1. The highest BCUT2D eigenvalue weighted by Gasteiger charge is 2.16. The highest BCUT2D eigenvalue weighted by Crippen LogP contribution is 2.25. The van der Waals surface area contributed by atoms with Gasteiger partial charge in [-0.25, -0.2) is 13.1 Å². The molecule has 0 aliphatic heterocycles. The van der Waals surface area contributed by atoms with Gasteiger partial charge in [0.1, 0.15) is 4.21 Å². The van der Waals surface area contributed by atoms with Crippen molar-refractivity contribution in [2.75, 3.05) is 10.0 Å². The predicted octanol–water partition coefficient (Wildman–Crippen LogP) is 4.45. The van der Waals surface area contributed by atoms with E-state index in [-0.39, 0.29) is 0 Å². The number of hydrogen-bond acceptors (Lipinski definition) is 7. The van der Waals surface area contributed by atoms with Crippen molar-refractivity contribution in [1.29, 1.82) is 0 Å². The monoisotopic (exact) mass is 454 g/mol. The summed E-state index contributed by atoms with van der Waals surface area (Å²) in [5, 5.41) is 16.0. The molecule has 2 N–H and O–H groups in total. The van der Waals surface area contributed by atoms with Crippen LogP contribution in [-0.2, 0) is 16.4 Å². The maximum atomic E-state index is 12.5. The van der Waals surface area contributed by atoms with Gasteiger partial charge in [0.25, 0.3) is 10.0 Å². The fourth-order valence-electron chi connectivity index (χ4n) is 3.03. The first-order valence-electron chi connectivity index (χ1n) is 9.70. The van der Waals surface area contributed by atoms with Crippen LogP contribution < -0.4 is 10.0 Å². The highest BCUT2D eigenvalue weighted by atomic mass is 32.2. The van der Waals surface area contributed by atoms with Gasteiger partial charge in [-0.2, -0.15) is 5.10 Å². The van der Waals surface area contributed by atoms with Crippen LogP contribution >= 0.6 is 11.3 Å². The van der Waals surface area contributed by atoms with Crippen LogP contribution in [0.15, 0.2) is 58.8 Å². The van der Waals surface area contributed by atoms with Crippen molar-refractivity contribution < 1.29 is 8.42 Å². The summed E-state index contributed by atoms with van der Waals surface area (Å²) in [6.45, 7) is 5.89. The number of rotatable bonds is 7. The van der Waals surface area contributed by atoms with Crippen molar-refractivity contribution in [1.82, 2.24) is 20.0 Å². The number of nitrogens with one attached hydrogen (secondary N) is 2. The molecule has 4 rings (SSSR count). The molecule has 0 radical (unpaired) electrons. The summed E-state index contributed by atoms with van der Waals surface area (Å²) in [6, 6.07) is 16.1. The predicted molar refractivity (Wildman–Crippen MR) is 123 cm³/mol. The molecule has 31 heavy (non-hydrogen) atoms. The molecule has 0 fully saturated rings. The Kier molecular flexibility index (Phi) is 5.75. The molecule has 0 spiro atoms. The van der Waals surface area contributed by atoms with Gasteiger partial charge in [0.2, 0.25) is 0 Å². The Bertz CT molecular complexity index is 1290. The van der Waals surface area contributed by atoms with Gasteiger partial charge < -0.3 is 5.32 Å². The average Bonchev–Trinajstić information content (AvgIpc) is 3.36. The number of hydrogen-bond donors (Lipinski definition) is 2. The van der Waals surface area contributed by atoms with Crippen molar-refractivity contribution in [3.8, 4) is 5.82 Å². The van der Waals surface area contributed by atoms with Gasteiger partial charge in [-0.05, 0) is 74.9 Å². The molecule has 8 nitrogen and oxygen atoms in total. The van der Waals surface area contributed by atoms with Crippen LogP contribution in [0.1, 0.15) is 23.2 Å². The number of benzene rings is 1. The van der Waals surface area contributed by atoms with Gasteiger partial charge in [-0.3, -0.25) is 4.72 Å². The maximum absolute atomic E-state index is 12.5. The zero-order valence-electron chi connectivity index (χ0n) is 17.3. The number of aromatic nitrogens is 4. The van der Waals surface area contributed by atoms with Crippen molar-refractivity contribution in [2.24, 2.45) is 0 Å². The molecule has 0 bridgehead atoms. The molecule has 3 heterocycles. The lowest BCUT2D eigenvalue weighted by Crippen LogP contribution is -2.11. The molecule has 3 aromatic heterocycles. The van der Waals surface area contributed by atoms with E-state index in [9.17, 15) is 8.42 Å². The third kappa shape index (κ3) is 4.75. The second-order valence-electron chi connectivity index (χ2n) is 7.00. The molecule has 0 amide bonds. The minimum atomic E-state index is -3.59. The molecule has 0 aliphatic carbocycles. The first-order valence-corrected chi connectivity index (χ1v) is 12.0. The van der Waals surface area contributed by atoms with E-state index in [0.29, 0.717) is 21.5 Å². The topological polar surface area (TPSA) is 102 Å². The van der Waals surface area contributed by atoms with Crippen LogP contribution in [0.2, 0.25) is 0 Å². The summed E-state index contributed by atoms with van der Waals surface area (Å²) >= 11 is 1.28. The van der Waals surface area contributed by atoms with Gasteiger partial charge in [-0.1, -0.05) is 6.92 Å². The van der Waals surface area contributed by atoms with Crippen molar-refractivity contribution in [3.63, 3.8) is 0 Å². The van der Waals surface area contributed by atoms with E-state index in [0.717, 1.165) is 28.4 Å². The molecular weight excluding hydrogens is 432 g/mol. The fraction of sp³-hybridized carbons (Fsp3) is 0.190. The Morgan fingerprint density at radius 3 is 2.29 bits per heavy atom.